The summed E-state index contributed by atoms with van der Waals surface area (Å²) in [5.41, 5.74) is 2.36. The number of carboxylic acid groups (broad SMARTS) is 1. The van der Waals surface area contributed by atoms with Crippen LogP contribution in [0.25, 0.3) is 0 Å². The molecule has 1 saturated heterocycles. The van der Waals surface area contributed by atoms with Crippen molar-refractivity contribution in [3.05, 3.63) is 71.3 Å². The molecule has 6 heteroatoms. The first kappa shape index (κ1) is 19.5. The zero-order valence-electron chi connectivity index (χ0n) is 13.7. The number of halogens is 1. The number of thioether (sulfide) groups is 1. The van der Waals surface area contributed by atoms with Gasteiger partial charge in [-0.1, -0.05) is 55.5 Å². The van der Waals surface area contributed by atoms with Crippen LogP contribution in [0, 0.1) is 0 Å². The zero-order chi connectivity index (χ0) is 17.1. The largest absolute Gasteiger partial charge is 0.480 e. The fourth-order valence-corrected chi connectivity index (χ4v) is 4.16. The standard InChI is InChI=1S/C19H19NO3S.ClH/c1-12(18-20-16(11-24-18)19(22)23)14-8-5-9-15(10-14)17(21)13-6-3-2-4-7-13;/h2-10,12,16,18,20H,11H2,1H3,(H,22,23);1H/t12?,16-,18?;/m0./s1. The Morgan fingerprint density at radius 3 is 2.44 bits per heavy atom. The van der Waals surface area contributed by atoms with E-state index in [4.69, 9.17) is 5.11 Å². The Morgan fingerprint density at radius 2 is 1.80 bits per heavy atom. The number of hydrogen-bond donors (Lipinski definition) is 2. The van der Waals surface area contributed by atoms with Crippen LogP contribution in [0.3, 0.4) is 0 Å². The molecule has 0 bridgehead atoms. The first-order valence-electron chi connectivity index (χ1n) is 7.86. The van der Waals surface area contributed by atoms with Gasteiger partial charge in [-0.3, -0.25) is 14.9 Å². The van der Waals surface area contributed by atoms with E-state index >= 15 is 0 Å². The molecule has 4 nitrogen and oxygen atoms in total. The van der Waals surface area contributed by atoms with Crippen LogP contribution in [0.2, 0.25) is 0 Å². The molecule has 3 rings (SSSR count). The predicted octanol–water partition coefficient (Wildman–Crippen LogP) is 3.56. The highest BCUT2D eigenvalue weighted by atomic mass is 35.5. The Labute approximate surface area is 157 Å². The summed E-state index contributed by atoms with van der Waals surface area (Å²) in [4.78, 5) is 23.7. The lowest BCUT2D eigenvalue weighted by atomic mass is 9.95. The van der Waals surface area contributed by atoms with Gasteiger partial charge >= 0.3 is 5.97 Å². The quantitative estimate of drug-likeness (QED) is 0.780. The van der Waals surface area contributed by atoms with Crippen LogP contribution in [-0.2, 0) is 4.79 Å². The lowest BCUT2D eigenvalue weighted by molar-refractivity contribution is -0.138. The minimum absolute atomic E-state index is 0. The topological polar surface area (TPSA) is 66.4 Å². The van der Waals surface area contributed by atoms with Crippen molar-refractivity contribution in [3.63, 3.8) is 0 Å². The lowest BCUT2D eigenvalue weighted by Crippen LogP contribution is -2.38. The number of ketones is 1. The fraction of sp³-hybridized carbons (Fsp3) is 0.263. The van der Waals surface area contributed by atoms with Gasteiger partial charge in [0, 0.05) is 22.8 Å². The van der Waals surface area contributed by atoms with Crippen LogP contribution >= 0.6 is 24.2 Å². The molecule has 0 amide bonds. The SMILES string of the molecule is CC(c1cccc(C(=O)c2ccccc2)c1)C1N[C@H](C(=O)O)CS1.Cl. The third-order valence-electron chi connectivity index (χ3n) is 4.27. The number of carboxylic acids is 1. The van der Waals surface area contributed by atoms with Gasteiger partial charge in [0.2, 0.25) is 0 Å². The average molecular weight is 378 g/mol. The van der Waals surface area contributed by atoms with Crippen molar-refractivity contribution in [1.29, 1.82) is 0 Å². The molecular weight excluding hydrogens is 358 g/mol. The summed E-state index contributed by atoms with van der Waals surface area (Å²) >= 11 is 1.62. The van der Waals surface area contributed by atoms with Crippen molar-refractivity contribution in [2.45, 2.75) is 24.3 Å². The summed E-state index contributed by atoms with van der Waals surface area (Å²) in [5, 5.41) is 12.3. The normalized spacial score (nSPS) is 20.5. The van der Waals surface area contributed by atoms with E-state index in [9.17, 15) is 9.59 Å². The Balaban J connectivity index is 0.00000225. The van der Waals surface area contributed by atoms with Crippen molar-refractivity contribution in [3.8, 4) is 0 Å². The highest BCUT2D eigenvalue weighted by Crippen LogP contribution is 2.32. The summed E-state index contributed by atoms with van der Waals surface area (Å²) < 4.78 is 0. The maximum absolute atomic E-state index is 12.6. The minimum Gasteiger partial charge on any atom is -0.480 e. The van der Waals surface area contributed by atoms with Crippen LogP contribution in [0.1, 0.15) is 34.3 Å². The smallest absolute Gasteiger partial charge is 0.321 e. The van der Waals surface area contributed by atoms with Gasteiger partial charge in [-0.05, 0) is 11.6 Å². The monoisotopic (exact) mass is 377 g/mol. The molecule has 0 spiro atoms. The van der Waals surface area contributed by atoms with E-state index < -0.39 is 12.0 Å². The predicted molar refractivity (Wildman–Crippen MR) is 103 cm³/mol. The van der Waals surface area contributed by atoms with Crippen LogP contribution < -0.4 is 5.32 Å². The van der Waals surface area contributed by atoms with Crippen molar-refractivity contribution in [2.24, 2.45) is 0 Å². The van der Waals surface area contributed by atoms with E-state index in [1.54, 1.807) is 11.8 Å². The van der Waals surface area contributed by atoms with Gasteiger partial charge in [0.1, 0.15) is 6.04 Å². The molecule has 25 heavy (non-hydrogen) atoms. The Hall–Kier alpha value is -1.82. The van der Waals surface area contributed by atoms with Crippen LogP contribution in [0.4, 0.5) is 0 Å². The second-order valence-electron chi connectivity index (χ2n) is 5.92. The lowest BCUT2D eigenvalue weighted by Gasteiger charge is -2.20. The number of nitrogens with one attached hydrogen (secondary N) is 1. The summed E-state index contributed by atoms with van der Waals surface area (Å²) in [6.45, 7) is 2.06. The number of benzene rings is 2. The van der Waals surface area contributed by atoms with Gasteiger partial charge < -0.3 is 5.11 Å². The first-order chi connectivity index (χ1) is 11.6. The van der Waals surface area contributed by atoms with E-state index in [2.05, 4.69) is 12.2 Å². The van der Waals surface area contributed by atoms with Crippen LogP contribution in [0.15, 0.2) is 54.6 Å². The van der Waals surface area contributed by atoms with Gasteiger partial charge in [0.15, 0.2) is 5.78 Å². The molecule has 3 atom stereocenters. The minimum atomic E-state index is -0.815. The summed E-state index contributed by atoms with van der Waals surface area (Å²) in [5.74, 6) is -0.138. The van der Waals surface area contributed by atoms with E-state index in [-0.39, 0.29) is 29.5 Å². The third-order valence-corrected chi connectivity index (χ3v) is 5.70. The zero-order valence-corrected chi connectivity index (χ0v) is 15.3. The summed E-state index contributed by atoms with van der Waals surface area (Å²) in [6, 6.07) is 16.3. The van der Waals surface area contributed by atoms with Gasteiger partial charge in [0.05, 0.1) is 5.37 Å². The number of hydrogen-bond acceptors (Lipinski definition) is 4. The molecule has 1 aliphatic rings. The maximum atomic E-state index is 12.6. The second kappa shape index (κ2) is 8.52. The molecule has 2 N–H and O–H groups in total. The molecule has 0 saturated carbocycles. The number of carbonyl (C=O) groups is 2. The number of aliphatic carboxylic acids is 1. The average Bonchev–Trinajstić information content (AvgIpc) is 3.12. The first-order valence-corrected chi connectivity index (χ1v) is 8.91. The van der Waals surface area contributed by atoms with Crippen molar-refractivity contribution in [2.75, 3.05) is 5.75 Å². The van der Waals surface area contributed by atoms with Crippen molar-refractivity contribution < 1.29 is 14.7 Å². The van der Waals surface area contributed by atoms with Crippen molar-refractivity contribution in [1.82, 2.24) is 5.32 Å². The molecule has 1 fully saturated rings. The molecule has 0 aliphatic carbocycles. The van der Waals surface area contributed by atoms with Gasteiger partial charge in [-0.15, -0.1) is 24.2 Å². The summed E-state index contributed by atoms with van der Waals surface area (Å²) in [7, 11) is 0. The van der Waals surface area contributed by atoms with E-state index in [0.717, 1.165) is 5.56 Å². The Kier molecular flexibility index (Phi) is 6.64. The van der Waals surface area contributed by atoms with E-state index in [1.165, 1.54) is 0 Å². The van der Waals surface area contributed by atoms with E-state index in [0.29, 0.717) is 16.9 Å². The molecule has 2 aromatic rings. The van der Waals surface area contributed by atoms with Gasteiger partial charge in [-0.25, -0.2) is 0 Å². The van der Waals surface area contributed by atoms with Crippen molar-refractivity contribution >= 4 is 35.9 Å². The van der Waals surface area contributed by atoms with E-state index in [1.807, 2.05) is 54.6 Å². The molecule has 0 aromatic heterocycles. The molecule has 1 aliphatic heterocycles. The molecular formula is C19H20ClNO3S. The maximum Gasteiger partial charge on any atom is 0.321 e. The molecule has 132 valence electrons. The summed E-state index contributed by atoms with van der Waals surface area (Å²) in [6.07, 6.45) is 0. The Morgan fingerprint density at radius 1 is 1.12 bits per heavy atom. The fourth-order valence-electron chi connectivity index (χ4n) is 2.82. The van der Waals surface area contributed by atoms with Crippen LogP contribution in [0.5, 0.6) is 0 Å². The Bertz CT molecular complexity index is 753. The number of rotatable bonds is 5. The molecule has 1 heterocycles. The molecule has 2 aromatic carbocycles. The van der Waals surface area contributed by atoms with Gasteiger partial charge in [-0.2, -0.15) is 0 Å². The second-order valence-corrected chi connectivity index (χ2v) is 7.10. The molecule has 2 unspecified atom stereocenters. The van der Waals surface area contributed by atoms with Crippen LogP contribution in [-0.4, -0.2) is 34.0 Å². The highest BCUT2D eigenvalue weighted by molar-refractivity contribution is 8.00. The van der Waals surface area contributed by atoms with Gasteiger partial charge in [0.25, 0.3) is 0 Å². The third kappa shape index (κ3) is 4.42. The molecule has 0 radical (unpaired) electrons. The highest BCUT2D eigenvalue weighted by Gasteiger charge is 2.33. The number of carbonyl (C=O) groups excluding carboxylic acids is 1.